The van der Waals surface area contributed by atoms with Gasteiger partial charge in [0.2, 0.25) is 5.24 Å². The van der Waals surface area contributed by atoms with E-state index in [0.717, 1.165) is 13.0 Å². The van der Waals surface area contributed by atoms with Crippen LogP contribution >= 0.6 is 11.6 Å². The fourth-order valence-electron chi connectivity index (χ4n) is 1.62. The molecule has 0 aliphatic carbocycles. The molecule has 2 nitrogen and oxygen atoms in total. The van der Waals surface area contributed by atoms with E-state index in [9.17, 15) is 4.79 Å². The summed E-state index contributed by atoms with van der Waals surface area (Å²) >= 11 is 5.24. The topological polar surface area (TPSA) is 20.3 Å². The Hall–Kier alpha value is -0.0800. The van der Waals surface area contributed by atoms with E-state index >= 15 is 0 Å². The zero-order chi connectivity index (χ0) is 8.81. The second-order valence-corrected chi connectivity index (χ2v) is 3.78. The van der Waals surface area contributed by atoms with Crippen molar-refractivity contribution in [1.29, 1.82) is 0 Å². The van der Waals surface area contributed by atoms with Crippen LogP contribution in [0.1, 0.15) is 32.1 Å². The van der Waals surface area contributed by atoms with Gasteiger partial charge in [-0.2, -0.15) is 0 Å². The molecule has 1 aliphatic rings. The lowest BCUT2D eigenvalue weighted by molar-refractivity contribution is -0.111. The average molecular weight is 190 g/mol. The van der Waals surface area contributed by atoms with Gasteiger partial charge in [-0.15, -0.1) is 0 Å². The highest BCUT2D eigenvalue weighted by Crippen LogP contribution is 2.09. The van der Waals surface area contributed by atoms with Crippen LogP contribution in [0.3, 0.4) is 0 Å². The van der Waals surface area contributed by atoms with Crippen LogP contribution in [0.4, 0.5) is 0 Å². The third-order valence-corrected chi connectivity index (χ3v) is 2.49. The van der Waals surface area contributed by atoms with Crippen LogP contribution in [0.2, 0.25) is 0 Å². The van der Waals surface area contributed by atoms with Crippen molar-refractivity contribution < 1.29 is 4.79 Å². The molecule has 0 atom stereocenters. The smallest absolute Gasteiger partial charge is 0.221 e. The first kappa shape index (κ1) is 10.0. The normalized spacial score (nSPS) is 19.4. The maximum atomic E-state index is 10.4. The molecule has 0 spiro atoms. The minimum absolute atomic E-state index is 0.202. The summed E-state index contributed by atoms with van der Waals surface area (Å²) in [5, 5.41) is -0.202. The van der Waals surface area contributed by atoms with E-state index in [1.165, 1.54) is 32.4 Å². The van der Waals surface area contributed by atoms with Gasteiger partial charge in [-0.05, 0) is 50.5 Å². The molecule has 12 heavy (non-hydrogen) atoms. The lowest BCUT2D eigenvalue weighted by Crippen LogP contribution is -2.30. The largest absolute Gasteiger partial charge is 0.303 e. The van der Waals surface area contributed by atoms with Crippen molar-refractivity contribution in [2.24, 2.45) is 0 Å². The molecule has 0 bridgehead atoms. The molecule has 1 heterocycles. The second-order valence-electron chi connectivity index (χ2n) is 3.36. The van der Waals surface area contributed by atoms with Gasteiger partial charge in [-0.1, -0.05) is 6.42 Å². The molecule has 0 N–H and O–H groups in total. The Morgan fingerprint density at radius 3 is 2.50 bits per heavy atom. The summed E-state index contributed by atoms with van der Waals surface area (Å²) in [6.45, 7) is 3.45. The van der Waals surface area contributed by atoms with Gasteiger partial charge < -0.3 is 4.90 Å². The minimum Gasteiger partial charge on any atom is -0.303 e. The Balaban J connectivity index is 2.01. The number of hydrogen-bond acceptors (Lipinski definition) is 2. The zero-order valence-electron chi connectivity index (χ0n) is 7.39. The molecular weight excluding hydrogens is 174 g/mol. The van der Waals surface area contributed by atoms with E-state index in [1.807, 2.05) is 0 Å². The van der Waals surface area contributed by atoms with Gasteiger partial charge in [-0.3, -0.25) is 4.79 Å². The van der Waals surface area contributed by atoms with Gasteiger partial charge >= 0.3 is 0 Å². The van der Waals surface area contributed by atoms with Crippen LogP contribution in [0.15, 0.2) is 0 Å². The van der Waals surface area contributed by atoms with E-state index in [2.05, 4.69) is 4.90 Å². The van der Waals surface area contributed by atoms with Crippen LogP contribution in [0.25, 0.3) is 0 Å². The third-order valence-electron chi connectivity index (χ3n) is 2.30. The van der Waals surface area contributed by atoms with Gasteiger partial charge in [0.05, 0.1) is 0 Å². The number of nitrogens with zero attached hydrogens (tertiary/aromatic N) is 1. The summed E-state index contributed by atoms with van der Waals surface area (Å²) in [4.78, 5) is 12.9. The third kappa shape index (κ3) is 4.07. The molecule has 0 aromatic rings. The highest BCUT2D eigenvalue weighted by molar-refractivity contribution is 6.63. The SMILES string of the molecule is O=C(Cl)CCCN1CCCCC1. The predicted molar refractivity (Wildman–Crippen MR) is 50.4 cm³/mol. The fourth-order valence-corrected chi connectivity index (χ4v) is 1.76. The van der Waals surface area contributed by atoms with E-state index in [1.54, 1.807) is 0 Å². The fraction of sp³-hybridized carbons (Fsp3) is 0.889. The molecule has 1 rings (SSSR count). The first-order valence-electron chi connectivity index (χ1n) is 4.70. The summed E-state index contributed by atoms with van der Waals surface area (Å²) < 4.78 is 0. The molecule has 0 radical (unpaired) electrons. The average Bonchev–Trinajstić information content (AvgIpc) is 2.05. The van der Waals surface area contributed by atoms with Crippen molar-refractivity contribution in [2.75, 3.05) is 19.6 Å². The summed E-state index contributed by atoms with van der Waals surface area (Å²) in [5.74, 6) is 0. The maximum Gasteiger partial charge on any atom is 0.221 e. The summed E-state index contributed by atoms with van der Waals surface area (Å²) in [5.41, 5.74) is 0. The molecule has 0 unspecified atom stereocenters. The Morgan fingerprint density at radius 2 is 1.92 bits per heavy atom. The first-order valence-corrected chi connectivity index (χ1v) is 5.07. The number of piperidine rings is 1. The number of likely N-dealkylation sites (tertiary alicyclic amines) is 1. The second kappa shape index (κ2) is 5.55. The standard InChI is InChI=1S/C9H16ClNO/c10-9(12)5-4-8-11-6-2-1-3-7-11/h1-8H2. The number of carbonyl (C=O) groups is 1. The molecule has 70 valence electrons. The van der Waals surface area contributed by atoms with Crippen LogP contribution in [-0.2, 0) is 4.79 Å². The zero-order valence-corrected chi connectivity index (χ0v) is 8.15. The molecular formula is C9H16ClNO. The minimum atomic E-state index is -0.202. The van der Waals surface area contributed by atoms with Crippen LogP contribution in [0, 0.1) is 0 Å². The van der Waals surface area contributed by atoms with Gasteiger partial charge in [-0.25, -0.2) is 0 Å². The summed E-state index contributed by atoms with van der Waals surface area (Å²) in [6, 6.07) is 0. The number of carbonyl (C=O) groups excluding carboxylic acids is 1. The first-order chi connectivity index (χ1) is 5.79. The molecule has 1 fully saturated rings. The van der Waals surface area contributed by atoms with E-state index < -0.39 is 0 Å². The lowest BCUT2D eigenvalue weighted by Gasteiger charge is -2.25. The molecule has 1 saturated heterocycles. The Kier molecular flexibility index (Phi) is 4.62. The Labute approximate surface area is 78.9 Å². The molecule has 0 aromatic carbocycles. The van der Waals surface area contributed by atoms with E-state index in [0.29, 0.717) is 6.42 Å². The van der Waals surface area contributed by atoms with Crippen molar-refractivity contribution in [2.45, 2.75) is 32.1 Å². The molecule has 0 aromatic heterocycles. The monoisotopic (exact) mass is 189 g/mol. The van der Waals surface area contributed by atoms with Crippen molar-refractivity contribution in [3.05, 3.63) is 0 Å². The molecule has 1 aliphatic heterocycles. The predicted octanol–water partition coefficient (Wildman–Crippen LogP) is 2.02. The summed E-state index contributed by atoms with van der Waals surface area (Å²) in [7, 11) is 0. The summed E-state index contributed by atoms with van der Waals surface area (Å²) in [6.07, 6.45) is 5.44. The van der Waals surface area contributed by atoms with E-state index in [-0.39, 0.29) is 5.24 Å². The number of rotatable bonds is 4. The van der Waals surface area contributed by atoms with Crippen molar-refractivity contribution >= 4 is 16.8 Å². The molecule has 0 amide bonds. The van der Waals surface area contributed by atoms with Crippen LogP contribution in [-0.4, -0.2) is 29.8 Å². The Bertz CT molecular complexity index is 143. The van der Waals surface area contributed by atoms with Crippen LogP contribution in [0.5, 0.6) is 0 Å². The molecule has 0 saturated carbocycles. The van der Waals surface area contributed by atoms with Crippen molar-refractivity contribution in [3.8, 4) is 0 Å². The maximum absolute atomic E-state index is 10.4. The van der Waals surface area contributed by atoms with Gasteiger partial charge in [0.1, 0.15) is 0 Å². The van der Waals surface area contributed by atoms with E-state index in [4.69, 9.17) is 11.6 Å². The highest BCUT2D eigenvalue weighted by atomic mass is 35.5. The lowest BCUT2D eigenvalue weighted by atomic mass is 10.1. The van der Waals surface area contributed by atoms with Crippen molar-refractivity contribution in [3.63, 3.8) is 0 Å². The van der Waals surface area contributed by atoms with Gasteiger partial charge in [0.15, 0.2) is 0 Å². The van der Waals surface area contributed by atoms with Gasteiger partial charge in [0, 0.05) is 6.42 Å². The van der Waals surface area contributed by atoms with Crippen LogP contribution < -0.4 is 0 Å². The van der Waals surface area contributed by atoms with Crippen molar-refractivity contribution in [1.82, 2.24) is 4.90 Å². The molecule has 3 heteroatoms. The van der Waals surface area contributed by atoms with Gasteiger partial charge in [0.25, 0.3) is 0 Å². The Morgan fingerprint density at radius 1 is 1.25 bits per heavy atom. The number of halogens is 1. The number of hydrogen-bond donors (Lipinski definition) is 0. The quantitative estimate of drug-likeness (QED) is 0.631. The highest BCUT2D eigenvalue weighted by Gasteiger charge is 2.09.